The average molecular weight is 188 g/mol. The summed E-state index contributed by atoms with van der Waals surface area (Å²) in [5, 5.41) is 17.0. The molecule has 1 aromatic heterocycles. The monoisotopic (exact) mass is 188 g/mol. The first kappa shape index (κ1) is 9.32. The van der Waals surface area contributed by atoms with Crippen LogP contribution in [0.1, 0.15) is 17.7 Å². The quantitative estimate of drug-likeness (QED) is 0.730. The molecule has 6 heteroatoms. The molecule has 0 fully saturated rings. The normalized spacial score (nSPS) is 10.1. The van der Waals surface area contributed by atoms with Crippen molar-refractivity contribution in [2.24, 2.45) is 0 Å². The molecule has 0 saturated carbocycles. The zero-order valence-electron chi connectivity index (χ0n) is 6.13. The van der Waals surface area contributed by atoms with E-state index < -0.39 is 29.2 Å². The van der Waals surface area contributed by atoms with Gasteiger partial charge in [0, 0.05) is 0 Å². The molecule has 0 amide bonds. The Morgan fingerprint density at radius 1 is 1.54 bits per heavy atom. The van der Waals surface area contributed by atoms with Crippen molar-refractivity contribution < 1.29 is 18.3 Å². The van der Waals surface area contributed by atoms with E-state index >= 15 is 0 Å². The highest BCUT2D eigenvalue weighted by atomic mass is 19.3. The first-order valence-electron chi connectivity index (χ1n) is 3.13. The molecule has 3 nitrogen and oxygen atoms in total. The summed E-state index contributed by atoms with van der Waals surface area (Å²) in [4.78, 5) is 3.05. The van der Waals surface area contributed by atoms with E-state index in [9.17, 15) is 13.2 Å². The second-order valence-electron chi connectivity index (χ2n) is 2.13. The summed E-state index contributed by atoms with van der Waals surface area (Å²) in [6.45, 7) is 0. The number of hydrogen-bond donors (Lipinski definition) is 1. The van der Waals surface area contributed by atoms with E-state index in [0.29, 0.717) is 6.20 Å². The lowest BCUT2D eigenvalue weighted by Crippen LogP contribution is -1.98. The Kier molecular flexibility index (Phi) is 2.37. The van der Waals surface area contributed by atoms with E-state index in [-0.39, 0.29) is 0 Å². The van der Waals surface area contributed by atoms with Crippen molar-refractivity contribution in [1.29, 1.82) is 5.26 Å². The smallest absolute Gasteiger partial charge is 0.281 e. The van der Waals surface area contributed by atoms with Gasteiger partial charge in [0.2, 0.25) is 0 Å². The third-order valence-electron chi connectivity index (χ3n) is 1.34. The van der Waals surface area contributed by atoms with Crippen LogP contribution in [0, 0.1) is 17.1 Å². The minimum atomic E-state index is -3.04. The Labute approximate surface area is 71.1 Å². The molecular weight excluding hydrogens is 185 g/mol. The number of nitriles is 1. The molecule has 0 radical (unpaired) electrons. The Morgan fingerprint density at radius 3 is 2.62 bits per heavy atom. The fourth-order valence-electron chi connectivity index (χ4n) is 0.764. The van der Waals surface area contributed by atoms with Gasteiger partial charge in [-0.25, -0.2) is 18.2 Å². The molecule has 13 heavy (non-hydrogen) atoms. The largest absolute Gasteiger partial charge is 0.504 e. The first-order valence-corrected chi connectivity index (χ1v) is 3.13. The van der Waals surface area contributed by atoms with Crippen molar-refractivity contribution in [1.82, 2.24) is 4.98 Å². The van der Waals surface area contributed by atoms with Crippen LogP contribution in [0.5, 0.6) is 5.75 Å². The summed E-state index contributed by atoms with van der Waals surface area (Å²) in [6.07, 6.45) is -2.50. The SMILES string of the molecule is N#Cc1c(C(F)F)ncc(O)c1F. The van der Waals surface area contributed by atoms with Gasteiger partial charge in [-0.3, -0.25) is 0 Å². The highest BCUT2D eigenvalue weighted by molar-refractivity contribution is 5.40. The summed E-state index contributed by atoms with van der Waals surface area (Å²) in [6, 6.07) is 1.21. The van der Waals surface area contributed by atoms with Gasteiger partial charge >= 0.3 is 0 Å². The van der Waals surface area contributed by atoms with E-state index in [4.69, 9.17) is 10.4 Å². The van der Waals surface area contributed by atoms with E-state index in [1.54, 1.807) is 0 Å². The first-order chi connectivity index (χ1) is 6.07. The molecule has 68 valence electrons. The second-order valence-corrected chi connectivity index (χ2v) is 2.13. The van der Waals surface area contributed by atoms with Gasteiger partial charge in [-0.1, -0.05) is 0 Å². The van der Waals surface area contributed by atoms with Crippen molar-refractivity contribution in [2.45, 2.75) is 6.43 Å². The van der Waals surface area contributed by atoms with Crippen LogP contribution in [0.4, 0.5) is 13.2 Å². The molecule has 1 heterocycles. The predicted octanol–water partition coefficient (Wildman–Crippen LogP) is 1.74. The van der Waals surface area contributed by atoms with Crippen LogP contribution in [0.2, 0.25) is 0 Å². The fraction of sp³-hybridized carbons (Fsp3) is 0.143. The Bertz CT molecular complexity index is 373. The third-order valence-corrected chi connectivity index (χ3v) is 1.34. The average Bonchev–Trinajstić information content (AvgIpc) is 2.09. The zero-order valence-corrected chi connectivity index (χ0v) is 6.13. The van der Waals surface area contributed by atoms with E-state index in [0.717, 1.165) is 0 Å². The van der Waals surface area contributed by atoms with Crippen LogP contribution in [0.25, 0.3) is 0 Å². The van der Waals surface area contributed by atoms with Crippen molar-refractivity contribution in [3.8, 4) is 11.8 Å². The van der Waals surface area contributed by atoms with Gasteiger partial charge in [-0.05, 0) is 0 Å². The molecule has 1 aromatic rings. The summed E-state index contributed by atoms with van der Waals surface area (Å²) >= 11 is 0. The standard InChI is InChI=1S/C7H3F3N2O/c8-5-3(1-11)6(7(9)10)12-2-4(5)13/h2,7,13H. The number of pyridine rings is 1. The molecule has 0 aliphatic rings. The van der Waals surface area contributed by atoms with Crippen molar-refractivity contribution >= 4 is 0 Å². The Morgan fingerprint density at radius 2 is 2.15 bits per heavy atom. The van der Waals surface area contributed by atoms with Crippen LogP contribution in [-0.2, 0) is 0 Å². The van der Waals surface area contributed by atoms with E-state index in [1.165, 1.54) is 6.07 Å². The molecule has 0 bridgehead atoms. The maximum Gasteiger partial charge on any atom is 0.281 e. The van der Waals surface area contributed by atoms with Gasteiger partial charge in [0.25, 0.3) is 6.43 Å². The van der Waals surface area contributed by atoms with Gasteiger partial charge < -0.3 is 5.11 Å². The van der Waals surface area contributed by atoms with Gasteiger partial charge in [-0.2, -0.15) is 5.26 Å². The van der Waals surface area contributed by atoms with Crippen LogP contribution in [0.15, 0.2) is 6.20 Å². The molecule has 0 aliphatic carbocycles. The molecule has 0 unspecified atom stereocenters. The number of nitrogens with zero attached hydrogens (tertiary/aromatic N) is 2. The van der Waals surface area contributed by atoms with Crippen LogP contribution in [0.3, 0.4) is 0 Å². The number of halogens is 3. The third kappa shape index (κ3) is 1.54. The lowest BCUT2D eigenvalue weighted by molar-refractivity contribution is 0.145. The number of alkyl halides is 2. The minimum absolute atomic E-state index is 0.539. The summed E-state index contributed by atoms with van der Waals surface area (Å²) in [5.41, 5.74) is -1.88. The molecule has 0 spiro atoms. The lowest BCUT2D eigenvalue weighted by atomic mass is 10.2. The number of hydrogen-bond acceptors (Lipinski definition) is 3. The summed E-state index contributed by atoms with van der Waals surface area (Å²) < 4.78 is 36.9. The van der Waals surface area contributed by atoms with Crippen LogP contribution < -0.4 is 0 Å². The van der Waals surface area contributed by atoms with Crippen LogP contribution in [-0.4, -0.2) is 10.1 Å². The van der Waals surface area contributed by atoms with Crippen molar-refractivity contribution in [3.05, 3.63) is 23.3 Å². The van der Waals surface area contributed by atoms with E-state index in [2.05, 4.69) is 4.98 Å². The minimum Gasteiger partial charge on any atom is -0.504 e. The molecule has 0 saturated heterocycles. The van der Waals surface area contributed by atoms with Gasteiger partial charge in [0.1, 0.15) is 17.3 Å². The summed E-state index contributed by atoms with van der Waals surface area (Å²) in [5.74, 6) is -2.28. The summed E-state index contributed by atoms with van der Waals surface area (Å²) in [7, 11) is 0. The van der Waals surface area contributed by atoms with Gasteiger partial charge in [-0.15, -0.1) is 0 Å². The van der Waals surface area contributed by atoms with Crippen molar-refractivity contribution in [2.75, 3.05) is 0 Å². The Balaban J connectivity index is 3.41. The number of aromatic nitrogens is 1. The van der Waals surface area contributed by atoms with Crippen LogP contribution >= 0.6 is 0 Å². The molecular formula is C7H3F3N2O. The Hall–Kier alpha value is -1.77. The predicted molar refractivity (Wildman–Crippen MR) is 35.5 cm³/mol. The second kappa shape index (κ2) is 3.31. The highest BCUT2D eigenvalue weighted by Crippen LogP contribution is 2.26. The molecule has 1 rings (SSSR count). The van der Waals surface area contributed by atoms with Gasteiger partial charge in [0.05, 0.1) is 6.20 Å². The van der Waals surface area contributed by atoms with E-state index in [1.807, 2.05) is 0 Å². The zero-order chi connectivity index (χ0) is 10.0. The maximum atomic E-state index is 12.8. The molecule has 0 atom stereocenters. The van der Waals surface area contributed by atoms with Gasteiger partial charge in [0.15, 0.2) is 11.6 Å². The topological polar surface area (TPSA) is 56.9 Å². The van der Waals surface area contributed by atoms with Crippen molar-refractivity contribution in [3.63, 3.8) is 0 Å². The number of rotatable bonds is 1. The number of aromatic hydroxyl groups is 1. The maximum absolute atomic E-state index is 12.8. The highest BCUT2D eigenvalue weighted by Gasteiger charge is 2.20. The fourth-order valence-corrected chi connectivity index (χ4v) is 0.764. The lowest BCUT2D eigenvalue weighted by Gasteiger charge is -2.02. The molecule has 1 N–H and O–H groups in total. The molecule has 0 aromatic carbocycles. The molecule has 0 aliphatic heterocycles.